The van der Waals surface area contributed by atoms with Crippen molar-refractivity contribution in [3.05, 3.63) is 75.9 Å². The van der Waals surface area contributed by atoms with Crippen molar-refractivity contribution in [1.29, 1.82) is 0 Å². The first-order chi connectivity index (χ1) is 11.7. The highest BCUT2D eigenvalue weighted by atomic mass is 32.2. The first-order valence-electron chi connectivity index (χ1n) is 7.64. The quantitative estimate of drug-likeness (QED) is 0.444. The molecule has 0 aliphatic rings. The van der Waals surface area contributed by atoms with Crippen LogP contribution in [0.15, 0.2) is 53.9 Å². The number of rotatable bonds is 6. The van der Waals surface area contributed by atoms with E-state index in [2.05, 4.69) is 6.58 Å². The maximum atomic E-state index is 13.2. The molecule has 0 spiro atoms. The maximum Gasteiger partial charge on any atom is 0.270 e. The molecule has 0 saturated heterocycles. The number of nitrogens with zero attached hydrogens (tertiary/aromatic N) is 2. The molecule has 0 amide bonds. The molecule has 2 aromatic rings. The lowest BCUT2D eigenvalue weighted by atomic mass is 10.1. The zero-order valence-corrected chi connectivity index (χ0v) is 15.2. The summed E-state index contributed by atoms with van der Waals surface area (Å²) in [5, 5.41) is 11.0. The Morgan fingerprint density at radius 2 is 1.80 bits per heavy atom. The van der Waals surface area contributed by atoms with Crippen molar-refractivity contribution >= 4 is 21.4 Å². The Hall–Kier alpha value is -2.67. The summed E-state index contributed by atoms with van der Waals surface area (Å²) in [6.07, 6.45) is 1.49. The second-order valence-corrected chi connectivity index (χ2v) is 7.65. The molecule has 0 atom stereocenters. The first kappa shape index (κ1) is 18.7. The number of nitro benzene ring substituents is 1. The maximum absolute atomic E-state index is 13.2. The first-order valence-corrected chi connectivity index (χ1v) is 9.08. The number of non-ortho nitro benzene ring substituents is 1. The smallest absolute Gasteiger partial charge is 0.262 e. The molecule has 0 fully saturated rings. The molecular formula is C18H20N2O4S. The molecule has 132 valence electrons. The number of sulfonamides is 1. The van der Waals surface area contributed by atoms with Crippen LogP contribution in [0.5, 0.6) is 0 Å². The fourth-order valence-corrected chi connectivity index (χ4v) is 4.37. The minimum Gasteiger partial charge on any atom is -0.262 e. The van der Waals surface area contributed by atoms with E-state index in [0.29, 0.717) is 11.3 Å². The highest BCUT2D eigenvalue weighted by molar-refractivity contribution is 7.92. The molecule has 2 aromatic carbocycles. The van der Waals surface area contributed by atoms with Gasteiger partial charge in [0.1, 0.15) is 0 Å². The third-order valence-electron chi connectivity index (χ3n) is 3.87. The van der Waals surface area contributed by atoms with Gasteiger partial charge in [-0.1, -0.05) is 29.8 Å². The second-order valence-electron chi connectivity index (χ2n) is 5.82. The van der Waals surface area contributed by atoms with E-state index in [1.165, 1.54) is 22.5 Å². The van der Waals surface area contributed by atoms with E-state index in [-0.39, 0.29) is 17.1 Å². The molecule has 25 heavy (non-hydrogen) atoms. The van der Waals surface area contributed by atoms with Crippen molar-refractivity contribution in [2.45, 2.75) is 25.7 Å². The highest BCUT2D eigenvalue weighted by Gasteiger charge is 2.28. The van der Waals surface area contributed by atoms with Crippen LogP contribution >= 0.6 is 0 Å². The summed E-state index contributed by atoms with van der Waals surface area (Å²) in [5.74, 6) is 0. The van der Waals surface area contributed by atoms with Gasteiger partial charge in [-0.3, -0.25) is 14.4 Å². The topological polar surface area (TPSA) is 80.5 Å². The molecule has 0 aliphatic heterocycles. The van der Waals surface area contributed by atoms with Gasteiger partial charge in [-0.2, -0.15) is 0 Å². The normalized spacial score (nSPS) is 11.2. The van der Waals surface area contributed by atoms with Gasteiger partial charge in [0.2, 0.25) is 0 Å². The van der Waals surface area contributed by atoms with Gasteiger partial charge in [0, 0.05) is 12.1 Å². The van der Waals surface area contributed by atoms with Gasteiger partial charge in [0.05, 0.1) is 22.1 Å². The molecule has 0 saturated carbocycles. The molecule has 0 aromatic heterocycles. The van der Waals surface area contributed by atoms with E-state index in [9.17, 15) is 18.5 Å². The predicted octanol–water partition coefficient (Wildman–Crippen LogP) is 3.90. The van der Waals surface area contributed by atoms with Crippen LogP contribution in [0.1, 0.15) is 16.7 Å². The molecule has 0 bridgehead atoms. The van der Waals surface area contributed by atoms with Gasteiger partial charge in [-0.15, -0.1) is 6.58 Å². The molecule has 0 radical (unpaired) electrons. The summed E-state index contributed by atoms with van der Waals surface area (Å²) >= 11 is 0. The van der Waals surface area contributed by atoms with Gasteiger partial charge in [0.25, 0.3) is 15.7 Å². The third kappa shape index (κ3) is 3.71. The number of hydrogen-bond acceptors (Lipinski definition) is 4. The van der Waals surface area contributed by atoms with E-state index in [1.54, 1.807) is 13.0 Å². The van der Waals surface area contributed by atoms with Gasteiger partial charge in [-0.05, 0) is 38.0 Å². The molecule has 6 nitrogen and oxygen atoms in total. The van der Waals surface area contributed by atoms with Crippen molar-refractivity contribution in [1.82, 2.24) is 0 Å². The number of benzene rings is 2. The molecule has 7 heteroatoms. The Labute approximate surface area is 147 Å². The monoisotopic (exact) mass is 360 g/mol. The average molecular weight is 360 g/mol. The number of aryl methyl sites for hydroxylation is 3. The van der Waals surface area contributed by atoms with Gasteiger partial charge in [-0.25, -0.2) is 8.42 Å². The summed E-state index contributed by atoms with van der Waals surface area (Å²) in [6.45, 7) is 9.07. The highest BCUT2D eigenvalue weighted by Crippen LogP contribution is 2.30. The second kappa shape index (κ2) is 7.06. The predicted molar refractivity (Wildman–Crippen MR) is 98.5 cm³/mol. The minimum atomic E-state index is -3.98. The lowest BCUT2D eigenvalue weighted by molar-refractivity contribution is -0.385. The fraction of sp³-hybridized carbons (Fsp3) is 0.222. The molecule has 0 heterocycles. The number of hydrogen-bond donors (Lipinski definition) is 0. The van der Waals surface area contributed by atoms with E-state index in [1.807, 2.05) is 26.0 Å². The zero-order chi connectivity index (χ0) is 18.8. The van der Waals surface area contributed by atoms with Crippen LogP contribution in [0.25, 0.3) is 0 Å². The number of anilines is 1. The Balaban J connectivity index is 2.67. The van der Waals surface area contributed by atoms with Crippen LogP contribution in [-0.2, 0) is 10.0 Å². The summed E-state index contributed by atoms with van der Waals surface area (Å²) in [4.78, 5) is 10.3. The third-order valence-corrected chi connectivity index (χ3v) is 5.79. The summed E-state index contributed by atoms with van der Waals surface area (Å²) < 4.78 is 27.6. The Morgan fingerprint density at radius 1 is 1.12 bits per heavy atom. The van der Waals surface area contributed by atoms with Gasteiger partial charge in [0.15, 0.2) is 0 Å². The van der Waals surface area contributed by atoms with E-state index in [0.717, 1.165) is 17.2 Å². The molecular weight excluding hydrogens is 340 g/mol. The molecule has 0 unspecified atom stereocenters. The van der Waals surface area contributed by atoms with Crippen molar-refractivity contribution in [3.63, 3.8) is 0 Å². The Kier molecular flexibility index (Phi) is 5.27. The van der Waals surface area contributed by atoms with Gasteiger partial charge >= 0.3 is 0 Å². The number of nitro groups is 1. The van der Waals surface area contributed by atoms with E-state index in [4.69, 9.17) is 0 Å². The van der Waals surface area contributed by atoms with Crippen LogP contribution in [-0.4, -0.2) is 19.9 Å². The van der Waals surface area contributed by atoms with E-state index >= 15 is 0 Å². The fourth-order valence-electron chi connectivity index (χ4n) is 2.63. The summed E-state index contributed by atoms with van der Waals surface area (Å²) in [7, 11) is -3.98. The SMILES string of the molecule is C=CCN(c1ccc(C)cc1C)S(=O)(=O)c1cc([N+](=O)[O-])ccc1C. The van der Waals surface area contributed by atoms with Crippen molar-refractivity contribution in [2.75, 3.05) is 10.8 Å². The summed E-state index contributed by atoms with van der Waals surface area (Å²) in [6, 6.07) is 9.29. The van der Waals surface area contributed by atoms with Crippen LogP contribution in [0.2, 0.25) is 0 Å². The molecule has 0 aliphatic carbocycles. The summed E-state index contributed by atoms with van der Waals surface area (Å²) in [5.41, 5.74) is 2.53. The Morgan fingerprint density at radius 3 is 2.36 bits per heavy atom. The van der Waals surface area contributed by atoms with Crippen LogP contribution in [0.4, 0.5) is 11.4 Å². The molecule has 2 rings (SSSR count). The van der Waals surface area contributed by atoms with Crippen LogP contribution < -0.4 is 4.31 Å². The lowest BCUT2D eigenvalue weighted by Gasteiger charge is -2.25. The minimum absolute atomic E-state index is 0.0639. The zero-order valence-electron chi connectivity index (χ0n) is 14.4. The van der Waals surface area contributed by atoms with Crippen molar-refractivity contribution in [3.8, 4) is 0 Å². The van der Waals surface area contributed by atoms with Crippen molar-refractivity contribution in [2.24, 2.45) is 0 Å². The van der Waals surface area contributed by atoms with Crippen LogP contribution in [0.3, 0.4) is 0 Å². The largest absolute Gasteiger partial charge is 0.270 e. The van der Waals surface area contributed by atoms with E-state index < -0.39 is 14.9 Å². The van der Waals surface area contributed by atoms with Crippen LogP contribution in [0, 0.1) is 30.9 Å². The Bertz CT molecular complexity index is 936. The standard InChI is InChI=1S/C18H20N2O4S/c1-5-10-19(17-9-6-13(2)11-15(17)4)25(23,24)18-12-16(20(21)22)8-7-14(18)3/h5-9,11-12H,1,10H2,2-4H3. The lowest BCUT2D eigenvalue weighted by Crippen LogP contribution is -2.32. The average Bonchev–Trinajstić information content (AvgIpc) is 2.53. The molecule has 0 N–H and O–H groups in total. The van der Waals surface area contributed by atoms with Gasteiger partial charge < -0.3 is 0 Å². The van der Waals surface area contributed by atoms with Crippen molar-refractivity contribution < 1.29 is 13.3 Å².